The molecular formula is C13H11ClN4. The Morgan fingerprint density at radius 3 is 2.56 bits per heavy atom. The minimum Gasteiger partial charge on any atom is -0.348 e. The van der Waals surface area contributed by atoms with Crippen molar-refractivity contribution >= 4 is 11.6 Å². The zero-order valence-electron chi connectivity index (χ0n) is 9.92. The summed E-state index contributed by atoms with van der Waals surface area (Å²) in [4.78, 5) is 0. The first-order valence-electron chi connectivity index (χ1n) is 5.66. The smallest absolute Gasteiger partial charge is 0.191 e. The average molecular weight is 259 g/mol. The van der Waals surface area contributed by atoms with E-state index in [1.54, 1.807) is 0 Å². The highest BCUT2D eigenvalue weighted by atomic mass is 35.5. The van der Waals surface area contributed by atoms with Crippen molar-refractivity contribution in [3.05, 3.63) is 22.5 Å². The second-order valence-corrected chi connectivity index (χ2v) is 5.12. The van der Waals surface area contributed by atoms with E-state index in [0.717, 1.165) is 18.5 Å². The highest BCUT2D eigenvalue weighted by Gasteiger charge is 2.58. The molecule has 0 aromatic rings. The van der Waals surface area contributed by atoms with Crippen LogP contribution in [0.1, 0.15) is 26.2 Å². The molecule has 2 aliphatic rings. The summed E-state index contributed by atoms with van der Waals surface area (Å²) in [6.45, 7) is 1.85. The van der Waals surface area contributed by atoms with Gasteiger partial charge >= 0.3 is 0 Å². The first kappa shape index (κ1) is 12.5. The second kappa shape index (κ2) is 4.05. The van der Waals surface area contributed by atoms with E-state index >= 15 is 0 Å². The van der Waals surface area contributed by atoms with Crippen molar-refractivity contribution in [3.63, 3.8) is 0 Å². The molecule has 1 heterocycles. The number of allylic oxidation sites excluding steroid dienone is 3. The lowest BCUT2D eigenvalue weighted by molar-refractivity contribution is 0.203. The monoisotopic (exact) mass is 258 g/mol. The number of halogens is 1. The molecule has 5 heteroatoms. The Hall–Kier alpha value is -1.96. The van der Waals surface area contributed by atoms with Gasteiger partial charge in [-0.3, -0.25) is 0 Å². The topological polar surface area (TPSA) is 83.4 Å². The van der Waals surface area contributed by atoms with E-state index in [-0.39, 0.29) is 10.7 Å². The molecule has 0 fully saturated rings. The van der Waals surface area contributed by atoms with E-state index < -0.39 is 10.8 Å². The minimum absolute atomic E-state index is 0.0238. The van der Waals surface area contributed by atoms with Crippen molar-refractivity contribution in [2.45, 2.75) is 26.2 Å². The van der Waals surface area contributed by atoms with Crippen LogP contribution >= 0.6 is 11.6 Å². The third-order valence-electron chi connectivity index (χ3n) is 3.94. The largest absolute Gasteiger partial charge is 0.348 e. The molecule has 4 nitrogen and oxygen atoms in total. The molecule has 0 aromatic heterocycles. The molecule has 1 aliphatic heterocycles. The third-order valence-corrected chi connectivity index (χ3v) is 4.22. The molecule has 0 aromatic carbocycles. The van der Waals surface area contributed by atoms with Crippen LogP contribution in [0.3, 0.4) is 0 Å². The highest BCUT2D eigenvalue weighted by molar-refractivity contribution is 6.30. The van der Waals surface area contributed by atoms with Crippen LogP contribution in [0.2, 0.25) is 0 Å². The standard InChI is InChI=1S/C13H11ClN4/c1-12-5-3-2-4-10(12)18-11(14)9(6-15)13(12,7-16)8-17/h4,18H,2-3,5H2,1H3/t12-/m0/s1. The van der Waals surface area contributed by atoms with Gasteiger partial charge in [-0.2, -0.15) is 15.8 Å². The Balaban J connectivity index is 2.79. The quantitative estimate of drug-likeness (QED) is 0.677. The maximum atomic E-state index is 9.49. The van der Waals surface area contributed by atoms with Crippen molar-refractivity contribution < 1.29 is 0 Å². The van der Waals surface area contributed by atoms with Gasteiger partial charge < -0.3 is 5.32 Å². The maximum absolute atomic E-state index is 9.49. The fourth-order valence-corrected chi connectivity index (χ4v) is 3.06. The lowest BCUT2D eigenvalue weighted by Gasteiger charge is -2.46. The summed E-state index contributed by atoms with van der Waals surface area (Å²) in [5.74, 6) is 0. The van der Waals surface area contributed by atoms with Crippen LogP contribution in [-0.4, -0.2) is 0 Å². The summed E-state index contributed by atoms with van der Waals surface area (Å²) in [7, 11) is 0. The predicted molar refractivity (Wildman–Crippen MR) is 65.3 cm³/mol. The van der Waals surface area contributed by atoms with E-state index in [0.29, 0.717) is 6.42 Å². The van der Waals surface area contributed by atoms with E-state index in [2.05, 4.69) is 5.32 Å². The van der Waals surface area contributed by atoms with Crippen LogP contribution in [0.15, 0.2) is 22.5 Å². The Bertz CT molecular complexity index is 568. The van der Waals surface area contributed by atoms with Crippen molar-refractivity contribution in [2.75, 3.05) is 0 Å². The summed E-state index contributed by atoms with van der Waals surface area (Å²) >= 11 is 6.01. The zero-order valence-corrected chi connectivity index (χ0v) is 10.7. The third kappa shape index (κ3) is 1.29. The average Bonchev–Trinajstić information content (AvgIpc) is 2.37. The highest BCUT2D eigenvalue weighted by Crippen LogP contribution is 2.56. The Morgan fingerprint density at radius 1 is 1.33 bits per heavy atom. The van der Waals surface area contributed by atoms with Gasteiger partial charge in [0.15, 0.2) is 5.41 Å². The number of rotatable bonds is 0. The number of hydrogen-bond acceptors (Lipinski definition) is 4. The van der Waals surface area contributed by atoms with E-state index in [4.69, 9.17) is 11.6 Å². The van der Waals surface area contributed by atoms with Gasteiger partial charge in [0.2, 0.25) is 0 Å². The van der Waals surface area contributed by atoms with Crippen molar-refractivity contribution in [3.8, 4) is 18.2 Å². The lowest BCUT2D eigenvalue weighted by atomic mass is 9.56. The molecule has 18 heavy (non-hydrogen) atoms. The fourth-order valence-electron chi connectivity index (χ4n) is 2.78. The summed E-state index contributed by atoms with van der Waals surface area (Å²) in [5.41, 5.74) is -1.40. The molecule has 0 radical (unpaired) electrons. The number of nitriles is 3. The van der Waals surface area contributed by atoms with E-state index in [9.17, 15) is 15.8 Å². The van der Waals surface area contributed by atoms with Crippen LogP contribution in [-0.2, 0) is 0 Å². The predicted octanol–water partition coefficient (Wildman–Crippen LogP) is 2.67. The van der Waals surface area contributed by atoms with Gasteiger partial charge in [0.05, 0.1) is 12.1 Å². The Morgan fingerprint density at radius 2 is 2.00 bits per heavy atom. The van der Waals surface area contributed by atoms with E-state index in [1.807, 2.05) is 31.2 Å². The fraction of sp³-hybridized carbons (Fsp3) is 0.462. The molecule has 1 N–H and O–H groups in total. The summed E-state index contributed by atoms with van der Waals surface area (Å²) < 4.78 is 0. The molecule has 0 bridgehead atoms. The van der Waals surface area contributed by atoms with Crippen LogP contribution in [0.4, 0.5) is 0 Å². The maximum Gasteiger partial charge on any atom is 0.191 e. The van der Waals surface area contributed by atoms with Gasteiger partial charge in [0, 0.05) is 11.1 Å². The molecule has 0 saturated carbocycles. The number of hydrogen-bond donors (Lipinski definition) is 1. The molecular weight excluding hydrogens is 248 g/mol. The van der Waals surface area contributed by atoms with Crippen molar-refractivity contribution in [1.82, 2.24) is 5.32 Å². The van der Waals surface area contributed by atoms with Gasteiger partial charge in [-0.15, -0.1) is 0 Å². The van der Waals surface area contributed by atoms with Crippen LogP contribution in [0.5, 0.6) is 0 Å². The van der Waals surface area contributed by atoms with Crippen molar-refractivity contribution in [2.24, 2.45) is 10.8 Å². The molecule has 2 rings (SSSR count). The molecule has 0 saturated heterocycles. The van der Waals surface area contributed by atoms with E-state index in [1.165, 1.54) is 0 Å². The first-order valence-corrected chi connectivity index (χ1v) is 6.04. The normalized spacial score (nSPS) is 28.9. The molecule has 0 amide bonds. The van der Waals surface area contributed by atoms with Crippen molar-refractivity contribution in [1.29, 1.82) is 15.8 Å². The first-order chi connectivity index (χ1) is 8.55. The summed E-state index contributed by atoms with van der Waals surface area (Å²) in [6.07, 6.45) is 4.42. The number of fused-ring (bicyclic) bond motifs is 1. The summed E-state index contributed by atoms with van der Waals surface area (Å²) in [6, 6.07) is 5.98. The van der Waals surface area contributed by atoms with Gasteiger partial charge in [0.25, 0.3) is 0 Å². The van der Waals surface area contributed by atoms with Gasteiger partial charge in [-0.25, -0.2) is 0 Å². The lowest BCUT2D eigenvalue weighted by Crippen LogP contribution is -2.49. The van der Waals surface area contributed by atoms with Gasteiger partial charge in [0.1, 0.15) is 16.8 Å². The zero-order chi connectivity index (χ0) is 13.4. The number of nitrogens with zero attached hydrogens (tertiary/aromatic N) is 3. The van der Waals surface area contributed by atoms with Crippen LogP contribution in [0, 0.1) is 44.8 Å². The minimum atomic E-state index is -1.50. The van der Waals surface area contributed by atoms with Crippen LogP contribution in [0.25, 0.3) is 0 Å². The molecule has 90 valence electrons. The Kier molecular flexibility index (Phi) is 2.81. The SMILES string of the molecule is C[C@]12CCCC=C1NC(Cl)=C(C#N)C2(C#N)C#N. The number of nitrogens with one attached hydrogen (secondary N) is 1. The molecule has 1 aliphatic carbocycles. The molecule has 1 atom stereocenters. The van der Waals surface area contributed by atoms with Crippen LogP contribution < -0.4 is 5.32 Å². The molecule has 0 unspecified atom stereocenters. The van der Waals surface area contributed by atoms with Gasteiger partial charge in [-0.1, -0.05) is 24.6 Å². The Labute approximate surface area is 111 Å². The van der Waals surface area contributed by atoms with Gasteiger partial charge in [-0.05, 0) is 19.3 Å². The molecule has 0 spiro atoms. The second-order valence-electron chi connectivity index (χ2n) is 4.74. The summed E-state index contributed by atoms with van der Waals surface area (Å²) in [5, 5.41) is 31.3.